The normalized spacial score (nSPS) is 9.65. The molecular formula is C11H17Cl2NO6. The molecule has 0 aliphatic carbocycles. The molecule has 0 amide bonds. The largest absolute Gasteiger partial charge is 0.408 e. The smallest absolute Gasteiger partial charge is 0.342 e. The molecule has 0 aliphatic rings. The van der Waals surface area contributed by atoms with Crippen LogP contribution in [0.3, 0.4) is 0 Å². The Labute approximate surface area is 128 Å². The van der Waals surface area contributed by atoms with Gasteiger partial charge in [-0.05, 0) is 19.0 Å². The summed E-state index contributed by atoms with van der Waals surface area (Å²) in [6, 6.07) is 0. The zero-order valence-corrected chi connectivity index (χ0v) is 13.0. The van der Waals surface area contributed by atoms with Crippen LogP contribution in [-0.2, 0) is 28.8 Å². The SMILES string of the molecule is CCC(=NOC(=O)CC(C)=O)OC(=O)CC(C)=O.Cl.Cl. The minimum absolute atomic E-state index is 0. The predicted molar refractivity (Wildman–Crippen MR) is 75.0 cm³/mol. The maximum Gasteiger partial charge on any atom is 0.342 e. The molecule has 0 N–H and O–H groups in total. The molecule has 0 spiro atoms. The van der Waals surface area contributed by atoms with E-state index in [0.29, 0.717) is 0 Å². The Morgan fingerprint density at radius 3 is 1.75 bits per heavy atom. The lowest BCUT2D eigenvalue weighted by Gasteiger charge is -2.03. The first-order valence-corrected chi connectivity index (χ1v) is 5.31. The van der Waals surface area contributed by atoms with Crippen LogP contribution in [0.15, 0.2) is 5.16 Å². The van der Waals surface area contributed by atoms with Crippen LogP contribution in [-0.4, -0.2) is 29.4 Å². The van der Waals surface area contributed by atoms with Gasteiger partial charge in [0.15, 0.2) is 0 Å². The van der Waals surface area contributed by atoms with Gasteiger partial charge in [-0.15, -0.1) is 24.8 Å². The summed E-state index contributed by atoms with van der Waals surface area (Å²) in [5.41, 5.74) is 0. The van der Waals surface area contributed by atoms with Crippen LogP contribution in [0, 0.1) is 0 Å². The number of halogens is 2. The minimum atomic E-state index is -0.837. The first-order valence-electron chi connectivity index (χ1n) is 5.31. The van der Waals surface area contributed by atoms with Gasteiger partial charge in [0.25, 0.3) is 0 Å². The van der Waals surface area contributed by atoms with Gasteiger partial charge in [-0.25, -0.2) is 4.79 Å². The van der Waals surface area contributed by atoms with E-state index in [9.17, 15) is 19.2 Å². The van der Waals surface area contributed by atoms with Crippen molar-refractivity contribution in [1.82, 2.24) is 0 Å². The highest BCUT2D eigenvalue weighted by Gasteiger charge is 2.12. The number of esters is 1. The summed E-state index contributed by atoms with van der Waals surface area (Å²) in [5, 5.41) is 3.30. The van der Waals surface area contributed by atoms with Crippen molar-refractivity contribution in [2.75, 3.05) is 0 Å². The van der Waals surface area contributed by atoms with Gasteiger partial charge < -0.3 is 9.57 Å². The molecule has 0 atom stereocenters. The lowest BCUT2D eigenvalue weighted by molar-refractivity contribution is -0.147. The van der Waals surface area contributed by atoms with Crippen molar-refractivity contribution in [2.24, 2.45) is 5.16 Å². The topological polar surface area (TPSA) is 99.1 Å². The molecular weight excluding hydrogens is 313 g/mol. The number of oxime groups is 1. The molecule has 7 nitrogen and oxygen atoms in total. The third-order valence-corrected chi connectivity index (χ3v) is 1.57. The molecule has 9 heteroatoms. The highest BCUT2D eigenvalue weighted by molar-refractivity contribution is 5.99. The number of ether oxygens (including phenoxy) is 1. The molecule has 0 bridgehead atoms. The highest BCUT2D eigenvalue weighted by atomic mass is 35.5. The third-order valence-electron chi connectivity index (χ3n) is 1.57. The molecule has 0 saturated carbocycles. The van der Waals surface area contributed by atoms with E-state index in [1.54, 1.807) is 6.92 Å². The Kier molecular flexibility index (Phi) is 14.8. The molecule has 0 aromatic carbocycles. The van der Waals surface area contributed by atoms with Gasteiger partial charge in [-0.2, -0.15) is 0 Å². The average molecular weight is 330 g/mol. The van der Waals surface area contributed by atoms with Crippen LogP contribution < -0.4 is 0 Å². The van der Waals surface area contributed by atoms with Crippen molar-refractivity contribution in [3.8, 4) is 0 Å². The molecule has 0 unspecified atom stereocenters. The van der Waals surface area contributed by atoms with Crippen LogP contribution >= 0.6 is 24.8 Å². The molecule has 0 aromatic rings. The van der Waals surface area contributed by atoms with E-state index in [1.807, 2.05) is 0 Å². The Morgan fingerprint density at radius 2 is 1.35 bits per heavy atom. The number of hydrogen-bond acceptors (Lipinski definition) is 7. The minimum Gasteiger partial charge on any atom is -0.408 e. The lowest BCUT2D eigenvalue weighted by Crippen LogP contribution is -2.15. The zero-order valence-electron chi connectivity index (χ0n) is 11.3. The van der Waals surface area contributed by atoms with E-state index in [4.69, 9.17) is 4.74 Å². The maximum atomic E-state index is 11.1. The van der Waals surface area contributed by atoms with Gasteiger partial charge in [0.1, 0.15) is 24.4 Å². The van der Waals surface area contributed by atoms with E-state index in [0.717, 1.165) is 0 Å². The van der Waals surface area contributed by atoms with Gasteiger partial charge in [0.05, 0.1) is 0 Å². The summed E-state index contributed by atoms with van der Waals surface area (Å²) in [4.78, 5) is 47.7. The second-order valence-electron chi connectivity index (χ2n) is 3.53. The van der Waals surface area contributed by atoms with E-state index in [-0.39, 0.29) is 55.1 Å². The van der Waals surface area contributed by atoms with E-state index in [2.05, 4.69) is 9.99 Å². The number of carbonyl (C=O) groups is 4. The van der Waals surface area contributed by atoms with Gasteiger partial charge >= 0.3 is 11.9 Å². The fourth-order valence-corrected chi connectivity index (χ4v) is 0.863. The lowest BCUT2D eigenvalue weighted by atomic mass is 10.3. The van der Waals surface area contributed by atoms with E-state index >= 15 is 0 Å². The van der Waals surface area contributed by atoms with Crippen LogP contribution in [0.1, 0.15) is 40.0 Å². The van der Waals surface area contributed by atoms with E-state index in [1.165, 1.54) is 13.8 Å². The van der Waals surface area contributed by atoms with Gasteiger partial charge in [-0.1, -0.05) is 6.92 Å². The molecule has 20 heavy (non-hydrogen) atoms. The number of nitrogens with zero attached hydrogens (tertiary/aromatic N) is 1. The summed E-state index contributed by atoms with van der Waals surface area (Å²) in [5.74, 6) is -2.44. The van der Waals surface area contributed by atoms with Crippen molar-refractivity contribution >= 4 is 54.2 Å². The summed E-state index contributed by atoms with van der Waals surface area (Å²) in [6.45, 7) is 4.11. The van der Waals surface area contributed by atoms with E-state index < -0.39 is 18.4 Å². The summed E-state index contributed by atoms with van der Waals surface area (Å²) < 4.78 is 4.69. The van der Waals surface area contributed by atoms with Crippen LogP contribution in [0.5, 0.6) is 0 Å². The van der Waals surface area contributed by atoms with Gasteiger partial charge in [0, 0.05) is 6.42 Å². The van der Waals surface area contributed by atoms with Crippen LogP contribution in [0.4, 0.5) is 0 Å². The van der Waals surface area contributed by atoms with Crippen LogP contribution in [0.2, 0.25) is 0 Å². The second kappa shape index (κ2) is 12.6. The Hall–Kier alpha value is -1.47. The monoisotopic (exact) mass is 329 g/mol. The number of rotatable bonds is 6. The maximum absolute atomic E-state index is 11.1. The van der Waals surface area contributed by atoms with Crippen molar-refractivity contribution in [3.05, 3.63) is 0 Å². The molecule has 0 radical (unpaired) electrons. The van der Waals surface area contributed by atoms with Crippen molar-refractivity contribution < 1.29 is 28.8 Å². The Bertz CT molecular complexity index is 394. The highest BCUT2D eigenvalue weighted by Crippen LogP contribution is 1.97. The van der Waals surface area contributed by atoms with Crippen LogP contribution in [0.25, 0.3) is 0 Å². The van der Waals surface area contributed by atoms with Crippen molar-refractivity contribution in [2.45, 2.75) is 40.0 Å². The molecule has 0 aromatic heterocycles. The van der Waals surface area contributed by atoms with Crippen molar-refractivity contribution in [3.63, 3.8) is 0 Å². The molecule has 0 rings (SSSR count). The van der Waals surface area contributed by atoms with Crippen molar-refractivity contribution in [1.29, 1.82) is 0 Å². The summed E-state index contributed by atoms with van der Waals surface area (Å²) >= 11 is 0. The average Bonchev–Trinajstić information content (AvgIpc) is 2.21. The van der Waals surface area contributed by atoms with Gasteiger partial charge in [-0.3, -0.25) is 14.4 Å². The summed E-state index contributed by atoms with van der Waals surface area (Å²) in [6.07, 6.45) is -0.570. The molecule has 116 valence electrons. The fourth-order valence-electron chi connectivity index (χ4n) is 0.863. The molecule has 0 heterocycles. The van der Waals surface area contributed by atoms with Gasteiger partial charge in [0.2, 0.25) is 5.90 Å². The number of hydrogen-bond donors (Lipinski definition) is 0. The number of carbonyl (C=O) groups excluding carboxylic acids is 4. The first-order chi connectivity index (χ1) is 8.35. The number of Topliss-reactive ketones (excluding diaryl/α,β-unsaturated/α-hetero) is 2. The third kappa shape index (κ3) is 13.0. The molecule has 0 aliphatic heterocycles. The Morgan fingerprint density at radius 1 is 0.900 bits per heavy atom. The molecule has 0 fully saturated rings. The Balaban J connectivity index is -0.00000144. The molecule has 0 saturated heterocycles. The number of ketones is 2. The quantitative estimate of drug-likeness (QED) is 0.183. The fraction of sp³-hybridized carbons (Fsp3) is 0.545. The predicted octanol–water partition coefficient (Wildman–Crippen LogP) is 1.60. The standard InChI is InChI=1S/C11H15NO6.2ClH/c1-4-9(17-10(15)5-7(2)13)12-18-11(16)6-8(3)14;;/h4-6H2,1-3H3;2*1H. The first kappa shape index (κ1) is 23.6. The summed E-state index contributed by atoms with van der Waals surface area (Å²) in [7, 11) is 0. The zero-order chi connectivity index (χ0) is 14.1. The second-order valence-corrected chi connectivity index (χ2v) is 3.53.